The van der Waals surface area contributed by atoms with E-state index in [-0.39, 0.29) is 73.0 Å². The first-order valence-electron chi connectivity index (χ1n) is 19.0. The maximum Gasteiger partial charge on any atom is 0.267 e. The molecule has 0 aromatic carbocycles. The van der Waals surface area contributed by atoms with Crippen LogP contribution in [-0.4, -0.2) is 85.8 Å². The second-order valence-electron chi connectivity index (χ2n) is 16.9. The average Bonchev–Trinajstić information content (AvgIpc) is 3.79. The molecule has 0 spiro atoms. The second-order valence-corrected chi connectivity index (χ2v) is 20.3. The van der Waals surface area contributed by atoms with E-state index in [0.29, 0.717) is 62.2 Å². The summed E-state index contributed by atoms with van der Waals surface area (Å²) in [6, 6.07) is 0. The third-order valence-corrected chi connectivity index (χ3v) is 17.2. The molecule has 4 aliphatic carbocycles. The molecule has 5 aliphatic heterocycles. The van der Waals surface area contributed by atoms with Gasteiger partial charge in [-0.05, 0) is 112 Å². The molecular formula is C32H56N8O6S2. The molecule has 14 nitrogen and oxygen atoms in total. The molecule has 0 amide bonds. The van der Waals surface area contributed by atoms with Crippen LogP contribution in [0.3, 0.4) is 0 Å². The molecule has 16 heteroatoms. The highest BCUT2D eigenvalue weighted by atomic mass is 32.2. The third kappa shape index (κ3) is 5.91. The van der Waals surface area contributed by atoms with E-state index in [9.17, 15) is 25.9 Å². The molecular weight excluding hydrogens is 657 g/mol. The lowest BCUT2D eigenvalue weighted by molar-refractivity contribution is 0.167. The summed E-state index contributed by atoms with van der Waals surface area (Å²) >= 11 is 0. The van der Waals surface area contributed by atoms with Gasteiger partial charge in [-0.2, -0.15) is 16.8 Å². The van der Waals surface area contributed by atoms with Gasteiger partial charge in [-0.25, -0.2) is 0 Å². The van der Waals surface area contributed by atoms with Crippen LogP contribution >= 0.6 is 0 Å². The molecule has 4 saturated carbocycles. The molecule has 0 aromatic rings. The smallest absolute Gasteiger partial charge is 0.267 e. The first-order chi connectivity index (χ1) is 23.0. The van der Waals surface area contributed by atoms with Gasteiger partial charge in [-0.3, -0.25) is 51.6 Å². The Labute approximate surface area is 285 Å². The van der Waals surface area contributed by atoms with Crippen molar-refractivity contribution in [3.63, 3.8) is 0 Å². The molecule has 0 aromatic heterocycles. The van der Waals surface area contributed by atoms with Gasteiger partial charge >= 0.3 is 0 Å². The molecule has 9 rings (SSSR count). The van der Waals surface area contributed by atoms with Crippen LogP contribution in [0.4, 0.5) is 0 Å². The summed E-state index contributed by atoms with van der Waals surface area (Å²) in [6.07, 6.45) is 12.8. The SMILES string of the molecule is O=S(=O)(O)C1CCC2C3NC(NC4NC(NC5NC(NC6NC(N3)C3CC(S(=O)(=O)O)CCC63)C3CCCCC53)C3CCCCC43)C2C1. The van der Waals surface area contributed by atoms with Gasteiger partial charge < -0.3 is 0 Å². The molecule has 18 unspecified atom stereocenters. The molecule has 8 bridgehead atoms. The molecule has 5 heterocycles. The lowest BCUT2D eigenvalue weighted by Crippen LogP contribution is -2.61. The predicted molar refractivity (Wildman–Crippen MR) is 179 cm³/mol. The lowest BCUT2D eigenvalue weighted by Gasteiger charge is -2.37. The van der Waals surface area contributed by atoms with Crippen molar-refractivity contribution in [1.29, 1.82) is 0 Å². The maximum atomic E-state index is 12.4. The average molecular weight is 713 g/mol. The first-order valence-corrected chi connectivity index (χ1v) is 22.0. The Morgan fingerprint density at radius 1 is 0.333 bits per heavy atom. The van der Waals surface area contributed by atoms with E-state index in [4.69, 9.17) is 0 Å². The molecule has 9 fully saturated rings. The van der Waals surface area contributed by atoms with E-state index >= 15 is 0 Å². The van der Waals surface area contributed by atoms with E-state index in [2.05, 4.69) is 42.5 Å². The highest BCUT2D eigenvalue weighted by molar-refractivity contribution is 7.86. The summed E-state index contributed by atoms with van der Waals surface area (Å²) in [6.45, 7) is 0. The summed E-state index contributed by atoms with van der Waals surface area (Å²) in [5.41, 5.74) is 0. The summed E-state index contributed by atoms with van der Waals surface area (Å²) in [5.74, 6) is 2.37. The van der Waals surface area contributed by atoms with Gasteiger partial charge in [0.05, 0.1) is 59.8 Å². The van der Waals surface area contributed by atoms with Gasteiger partial charge in [0.1, 0.15) is 0 Å². The van der Waals surface area contributed by atoms with Gasteiger partial charge in [0.25, 0.3) is 20.2 Å². The Morgan fingerprint density at radius 3 is 0.812 bits per heavy atom. The van der Waals surface area contributed by atoms with Crippen molar-refractivity contribution < 1.29 is 25.9 Å². The van der Waals surface area contributed by atoms with E-state index in [1.54, 1.807) is 0 Å². The number of nitrogens with one attached hydrogen (secondary N) is 8. The van der Waals surface area contributed by atoms with Crippen molar-refractivity contribution >= 4 is 20.2 Å². The minimum atomic E-state index is -4.15. The molecule has 0 radical (unpaired) electrons. The van der Waals surface area contributed by atoms with Crippen LogP contribution in [0.25, 0.3) is 0 Å². The van der Waals surface area contributed by atoms with Crippen molar-refractivity contribution in [3.05, 3.63) is 0 Å². The number of hydrogen-bond acceptors (Lipinski definition) is 12. The Balaban J connectivity index is 1.06. The van der Waals surface area contributed by atoms with Crippen LogP contribution in [0.15, 0.2) is 0 Å². The second kappa shape index (κ2) is 12.6. The largest absolute Gasteiger partial charge is 0.286 e. The van der Waals surface area contributed by atoms with Crippen LogP contribution in [0.5, 0.6) is 0 Å². The topological polar surface area (TPSA) is 205 Å². The van der Waals surface area contributed by atoms with Crippen molar-refractivity contribution in [2.45, 2.75) is 150 Å². The molecule has 9 aliphatic rings. The minimum Gasteiger partial charge on any atom is -0.286 e. The Bertz CT molecular complexity index is 1400. The zero-order chi connectivity index (χ0) is 32.9. The first kappa shape index (κ1) is 33.3. The fraction of sp³-hybridized carbons (Fsp3) is 1.00. The highest BCUT2D eigenvalue weighted by Crippen LogP contribution is 2.46. The number of fused-ring (bicyclic) bond motifs is 20. The van der Waals surface area contributed by atoms with E-state index in [1.165, 1.54) is 44.9 Å². The van der Waals surface area contributed by atoms with Crippen LogP contribution in [0, 0.1) is 47.3 Å². The van der Waals surface area contributed by atoms with Gasteiger partial charge in [-0.15, -0.1) is 0 Å². The molecule has 10 N–H and O–H groups in total. The summed E-state index contributed by atoms with van der Waals surface area (Å²) < 4.78 is 69.7. The molecule has 5 saturated heterocycles. The van der Waals surface area contributed by atoms with Gasteiger partial charge in [0.15, 0.2) is 0 Å². The van der Waals surface area contributed by atoms with Gasteiger partial charge in [-0.1, -0.05) is 25.7 Å². The molecule has 18 atom stereocenters. The Morgan fingerprint density at radius 2 is 0.562 bits per heavy atom. The van der Waals surface area contributed by atoms with Gasteiger partial charge in [0.2, 0.25) is 0 Å². The number of rotatable bonds is 2. The van der Waals surface area contributed by atoms with Crippen molar-refractivity contribution in [3.8, 4) is 0 Å². The highest BCUT2D eigenvalue weighted by Gasteiger charge is 2.56. The van der Waals surface area contributed by atoms with E-state index in [1.807, 2.05) is 0 Å². The molecule has 272 valence electrons. The number of hydrogen-bond donors (Lipinski definition) is 10. The van der Waals surface area contributed by atoms with Crippen molar-refractivity contribution in [2.24, 2.45) is 47.3 Å². The Hall–Kier alpha value is -0.500. The lowest BCUT2D eigenvalue weighted by atomic mass is 9.76. The quantitative estimate of drug-likeness (QED) is 0.176. The minimum absolute atomic E-state index is 0.00145. The molecule has 48 heavy (non-hydrogen) atoms. The van der Waals surface area contributed by atoms with Crippen LogP contribution in [0.2, 0.25) is 0 Å². The van der Waals surface area contributed by atoms with Crippen LogP contribution in [-0.2, 0) is 20.2 Å². The van der Waals surface area contributed by atoms with E-state index in [0.717, 1.165) is 6.42 Å². The Kier molecular flexibility index (Phi) is 8.73. The normalized spacial score (nSPS) is 53.8. The zero-order valence-corrected chi connectivity index (χ0v) is 29.3. The standard InChI is InChI=1S/C32H56N8O6S2/c41-47(42,43)15-9-11-21-23(13-15)32-38-29(21)36-27-18-6-2-1-5-17(18)25(34-27)33-26-19-7-3-4-8-20(19)28(35-26)37-31-24-14-16(48(44,45)46)10-12-22(24)30(39-31)40-32/h15-40H,1-14H2,(H,41,42,43)(H,44,45,46). The third-order valence-electron chi connectivity index (χ3n) is 14.7. The van der Waals surface area contributed by atoms with Gasteiger partial charge in [0, 0.05) is 0 Å². The summed E-state index contributed by atoms with van der Waals surface area (Å²) in [7, 11) is -8.31. The summed E-state index contributed by atoms with van der Waals surface area (Å²) in [4.78, 5) is 0. The van der Waals surface area contributed by atoms with Crippen molar-refractivity contribution in [2.75, 3.05) is 0 Å². The fourth-order valence-electron chi connectivity index (χ4n) is 12.5. The van der Waals surface area contributed by atoms with E-state index < -0.39 is 30.7 Å². The van der Waals surface area contributed by atoms with Crippen LogP contribution in [0.1, 0.15) is 89.9 Å². The van der Waals surface area contributed by atoms with Crippen LogP contribution < -0.4 is 42.5 Å². The zero-order valence-electron chi connectivity index (χ0n) is 27.6. The van der Waals surface area contributed by atoms with Crippen molar-refractivity contribution in [1.82, 2.24) is 42.5 Å². The maximum absolute atomic E-state index is 12.4. The monoisotopic (exact) mass is 712 g/mol. The predicted octanol–water partition coefficient (Wildman–Crippen LogP) is 0.338. The summed E-state index contributed by atoms with van der Waals surface area (Å²) in [5, 5.41) is 30.2. The fourth-order valence-corrected chi connectivity index (χ4v) is 14.3.